The SMILES string of the molecule is CCCCCCN1C(=O)C(=Cc2cn(C)c3ccccc23)C(=O)NC1=S. The number of benzene rings is 1. The summed E-state index contributed by atoms with van der Waals surface area (Å²) in [5.41, 5.74) is 2.03. The third-order valence-electron chi connectivity index (χ3n) is 4.65. The van der Waals surface area contributed by atoms with Crippen LogP contribution in [0.1, 0.15) is 38.2 Å². The van der Waals surface area contributed by atoms with Crippen molar-refractivity contribution >= 4 is 46.1 Å². The van der Waals surface area contributed by atoms with Gasteiger partial charge in [-0.2, -0.15) is 0 Å². The van der Waals surface area contributed by atoms with Crippen LogP contribution in [0.5, 0.6) is 0 Å². The lowest BCUT2D eigenvalue weighted by molar-refractivity contribution is -0.128. The van der Waals surface area contributed by atoms with Crippen LogP contribution < -0.4 is 5.32 Å². The number of carbonyl (C=O) groups excluding carboxylic acids is 2. The summed E-state index contributed by atoms with van der Waals surface area (Å²) in [5, 5.41) is 3.85. The van der Waals surface area contributed by atoms with Crippen LogP contribution in [-0.2, 0) is 16.6 Å². The standard InChI is InChI=1S/C20H23N3O2S/c1-3-4-5-8-11-23-19(25)16(18(24)21-20(23)26)12-14-13-22(2)17-10-7-6-9-15(14)17/h6-7,9-10,12-13H,3-5,8,11H2,1-2H3,(H,21,24,26). The Morgan fingerprint density at radius 2 is 1.92 bits per heavy atom. The first-order valence-electron chi connectivity index (χ1n) is 8.96. The van der Waals surface area contributed by atoms with Gasteiger partial charge in [-0.3, -0.25) is 19.8 Å². The molecule has 5 nitrogen and oxygen atoms in total. The van der Waals surface area contributed by atoms with Crippen molar-refractivity contribution in [2.75, 3.05) is 6.54 Å². The molecule has 2 amide bonds. The van der Waals surface area contributed by atoms with Gasteiger partial charge in [-0.05, 0) is 30.8 Å². The maximum atomic E-state index is 12.9. The van der Waals surface area contributed by atoms with E-state index in [1.54, 1.807) is 6.08 Å². The number of rotatable bonds is 6. The molecule has 0 saturated carbocycles. The molecule has 1 fully saturated rings. The number of carbonyl (C=O) groups is 2. The highest BCUT2D eigenvalue weighted by molar-refractivity contribution is 7.80. The van der Waals surface area contributed by atoms with Gasteiger partial charge in [0.25, 0.3) is 11.8 Å². The molecule has 2 aromatic rings. The van der Waals surface area contributed by atoms with Gasteiger partial charge in [-0.1, -0.05) is 44.4 Å². The van der Waals surface area contributed by atoms with Crippen molar-refractivity contribution < 1.29 is 9.59 Å². The lowest BCUT2D eigenvalue weighted by atomic mass is 10.1. The number of nitrogens with zero attached hydrogens (tertiary/aromatic N) is 2. The number of hydrogen-bond acceptors (Lipinski definition) is 3. The summed E-state index contributed by atoms with van der Waals surface area (Å²) in [4.78, 5) is 26.7. The lowest BCUT2D eigenvalue weighted by Gasteiger charge is -2.28. The van der Waals surface area contributed by atoms with Gasteiger partial charge in [-0.15, -0.1) is 0 Å². The summed E-state index contributed by atoms with van der Waals surface area (Å²) in [6, 6.07) is 7.91. The highest BCUT2D eigenvalue weighted by atomic mass is 32.1. The topological polar surface area (TPSA) is 54.3 Å². The average Bonchev–Trinajstić information content (AvgIpc) is 2.94. The molecule has 1 saturated heterocycles. The Kier molecular flexibility index (Phi) is 5.52. The minimum Gasteiger partial charge on any atom is -0.350 e. The van der Waals surface area contributed by atoms with E-state index in [1.165, 1.54) is 4.90 Å². The molecule has 0 unspecified atom stereocenters. The highest BCUT2D eigenvalue weighted by Gasteiger charge is 2.33. The van der Waals surface area contributed by atoms with Crippen molar-refractivity contribution in [2.45, 2.75) is 32.6 Å². The smallest absolute Gasteiger partial charge is 0.265 e. The summed E-state index contributed by atoms with van der Waals surface area (Å²) >= 11 is 5.20. The van der Waals surface area contributed by atoms with Crippen LogP contribution in [0.4, 0.5) is 0 Å². The van der Waals surface area contributed by atoms with Crippen LogP contribution in [0.3, 0.4) is 0 Å². The van der Waals surface area contributed by atoms with Crippen molar-refractivity contribution in [3.05, 3.63) is 41.6 Å². The zero-order valence-corrected chi connectivity index (χ0v) is 15.9. The minimum absolute atomic E-state index is 0.130. The first-order valence-corrected chi connectivity index (χ1v) is 9.36. The number of nitrogens with one attached hydrogen (secondary N) is 1. The Labute approximate surface area is 158 Å². The van der Waals surface area contributed by atoms with E-state index in [2.05, 4.69) is 12.2 Å². The Bertz CT molecular complexity index is 898. The quantitative estimate of drug-likeness (QED) is 0.368. The second-order valence-corrected chi connectivity index (χ2v) is 6.93. The van der Waals surface area contributed by atoms with Gasteiger partial charge < -0.3 is 4.57 Å². The van der Waals surface area contributed by atoms with E-state index in [-0.39, 0.29) is 16.6 Å². The molecule has 136 valence electrons. The Balaban J connectivity index is 1.89. The number of fused-ring (bicyclic) bond motifs is 1. The summed E-state index contributed by atoms with van der Waals surface area (Å²) in [7, 11) is 1.95. The molecule has 3 rings (SSSR count). The van der Waals surface area contributed by atoms with Crippen molar-refractivity contribution in [3.8, 4) is 0 Å². The minimum atomic E-state index is -0.433. The number of para-hydroxylation sites is 1. The molecular weight excluding hydrogens is 346 g/mol. The Hall–Kier alpha value is -2.47. The summed E-state index contributed by atoms with van der Waals surface area (Å²) < 4.78 is 1.99. The predicted octanol–water partition coefficient (Wildman–Crippen LogP) is 3.39. The fourth-order valence-corrected chi connectivity index (χ4v) is 3.50. The maximum Gasteiger partial charge on any atom is 0.265 e. The molecule has 1 aromatic carbocycles. The second-order valence-electron chi connectivity index (χ2n) is 6.55. The van der Waals surface area contributed by atoms with Gasteiger partial charge in [0.2, 0.25) is 0 Å². The van der Waals surface area contributed by atoms with Crippen LogP contribution in [-0.4, -0.2) is 32.9 Å². The third kappa shape index (κ3) is 3.55. The van der Waals surface area contributed by atoms with E-state index < -0.39 is 5.91 Å². The monoisotopic (exact) mass is 369 g/mol. The number of unbranched alkanes of at least 4 members (excludes halogenated alkanes) is 3. The van der Waals surface area contributed by atoms with E-state index >= 15 is 0 Å². The molecule has 1 aliphatic rings. The summed E-state index contributed by atoms with van der Waals surface area (Å²) in [6.45, 7) is 2.67. The van der Waals surface area contributed by atoms with Gasteiger partial charge in [0.05, 0.1) is 0 Å². The zero-order valence-electron chi connectivity index (χ0n) is 15.1. The van der Waals surface area contributed by atoms with Crippen molar-refractivity contribution in [1.29, 1.82) is 0 Å². The molecular formula is C20H23N3O2S. The highest BCUT2D eigenvalue weighted by Crippen LogP contribution is 2.24. The number of hydrogen-bond donors (Lipinski definition) is 1. The van der Waals surface area contributed by atoms with Gasteiger partial charge in [-0.25, -0.2) is 0 Å². The van der Waals surface area contributed by atoms with Crippen LogP contribution in [0.15, 0.2) is 36.0 Å². The molecule has 0 radical (unpaired) electrons. The first kappa shape index (κ1) is 18.3. The second kappa shape index (κ2) is 7.83. The van der Waals surface area contributed by atoms with Gasteiger partial charge in [0.1, 0.15) is 5.57 Å². The van der Waals surface area contributed by atoms with Crippen LogP contribution in [0.2, 0.25) is 0 Å². The Morgan fingerprint density at radius 1 is 1.15 bits per heavy atom. The van der Waals surface area contributed by atoms with Crippen LogP contribution >= 0.6 is 12.2 Å². The van der Waals surface area contributed by atoms with Crippen molar-refractivity contribution in [1.82, 2.24) is 14.8 Å². The fourth-order valence-electron chi connectivity index (χ4n) is 3.24. The van der Waals surface area contributed by atoms with E-state index in [0.29, 0.717) is 6.54 Å². The lowest BCUT2D eigenvalue weighted by Crippen LogP contribution is -2.54. The van der Waals surface area contributed by atoms with E-state index in [4.69, 9.17) is 12.2 Å². The zero-order chi connectivity index (χ0) is 18.7. The molecule has 0 atom stereocenters. The summed E-state index contributed by atoms with van der Waals surface area (Å²) in [6.07, 6.45) is 7.76. The molecule has 1 aliphatic heterocycles. The summed E-state index contributed by atoms with van der Waals surface area (Å²) in [5.74, 6) is -0.749. The van der Waals surface area contributed by atoms with Gasteiger partial charge in [0.15, 0.2) is 5.11 Å². The largest absolute Gasteiger partial charge is 0.350 e. The van der Waals surface area contributed by atoms with Crippen LogP contribution in [0.25, 0.3) is 17.0 Å². The Morgan fingerprint density at radius 3 is 2.69 bits per heavy atom. The number of amides is 2. The van der Waals surface area contributed by atoms with E-state index in [0.717, 1.165) is 42.1 Å². The van der Waals surface area contributed by atoms with Gasteiger partial charge >= 0.3 is 0 Å². The molecule has 1 aromatic heterocycles. The number of aryl methyl sites for hydroxylation is 1. The molecule has 26 heavy (non-hydrogen) atoms. The fraction of sp³-hybridized carbons (Fsp3) is 0.350. The average molecular weight is 369 g/mol. The molecule has 0 bridgehead atoms. The van der Waals surface area contributed by atoms with Gasteiger partial charge in [0, 0.05) is 36.3 Å². The predicted molar refractivity (Wildman–Crippen MR) is 107 cm³/mol. The first-order chi connectivity index (χ1) is 12.5. The molecule has 6 heteroatoms. The third-order valence-corrected chi connectivity index (χ3v) is 4.97. The van der Waals surface area contributed by atoms with E-state index in [9.17, 15) is 9.59 Å². The van der Waals surface area contributed by atoms with Crippen LogP contribution in [0, 0.1) is 0 Å². The number of aromatic nitrogens is 1. The van der Waals surface area contributed by atoms with E-state index in [1.807, 2.05) is 42.1 Å². The molecule has 1 N–H and O–H groups in total. The maximum absolute atomic E-state index is 12.9. The van der Waals surface area contributed by atoms with Crippen molar-refractivity contribution in [3.63, 3.8) is 0 Å². The molecule has 0 spiro atoms. The molecule has 2 heterocycles. The normalized spacial score (nSPS) is 16.6. The van der Waals surface area contributed by atoms with Crippen molar-refractivity contribution in [2.24, 2.45) is 7.05 Å². The molecule has 0 aliphatic carbocycles. The number of thiocarbonyl (C=S) groups is 1.